The molecule has 0 saturated carbocycles. The topological polar surface area (TPSA) is 86.2 Å². The first-order chi connectivity index (χ1) is 15.1. The number of carbonyl (C=O) groups is 1. The second-order valence-corrected chi connectivity index (χ2v) is 8.09. The van der Waals surface area contributed by atoms with Crippen molar-refractivity contribution >= 4 is 5.91 Å². The summed E-state index contributed by atoms with van der Waals surface area (Å²) >= 11 is 0. The summed E-state index contributed by atoms with van der Waals surface area (Å²) in [6.07, 6.45) is 3.79. The fraction of sp³-hybridized carbons (Fsp3) is 0.625. The minimum absolute atomic E-state index is 0.124. The number of nitrogens with one attached hydrogen (secondary N) is 1. The number of ether oxygens (including phenoxy) is 4. The maximum absolute atomic E-state index is 12.5. The largest absolute Gasteiger partial charge is 0.388 e. The minimum Gasteiger partial charge on any atom is -0.388 e. The van der Waals surface area contributed by atoms with Crippen LogP contribution in [0.15, 0.2) is 43.0 Å². The van der Waals surface area contributed by atoms with Crippen LogP contribution in [0.25, 0.3) is 0 Å². The molecule has 2 saturated heterocycles. The lowest BCUT2D eigenvalue weighted by Gasteiger charge is -2.47. The molecule has 3 rings (SSSR count). The highest BCUT2D eigenvalue weighted by Crippen LogP contribution is 2.34. The van der Waals surface area contributed by atoms with Crippen LogP contribution in [-0.4, -0.2) is 54.9 Å². The van der Waals surface area contributed by atoms with E-state index in [2.05, 4.69) is 18.8 Å². The molecule has 2 aliphatic rings. The molecular formula is C24H35NO6. The summed E-state index contributed by atoms with van der Waals surface area (Å²) in [6.45, 7) is 6.32. The van der Waals surface area contributed by atoms with Crippen molar-refractivity contribution in [3.8, 4) is 0 Å². The normalized spacial score (nSPS) is 30.4. The molecule has 2 N–H and O–H groups in total. The smallest absolute Gasteiger partial charge is 0.220 e. The van der Waals surface area contributed by atoms with Gasteiger partial charge in [0.05, 0.1) is 13.2 Å². The fourth-order valence-corrected chi connectivity index (χ4v) is 3.98. The van der Waals surface area contributed by atoms with E-state index in [4.69, 9.17) is 18.9 Å². The molecule has 0 aliphatic carbocycles. The Balaban J connectivity index is 1.62. The molecule has 0 radical (unpaired) electrons. The number of fused-ring (bicyclic) bond motifs is 1. The highest BCUT2D eigenvalue weighted by molar-refractivity contribution is 5.76. The van der Waals surface area contributed by atoms with Crippen LogP contribution in [0.5, 0.6) is 0 Å². The summed E-state index contributed by atoms with van der Waals surface area (Å²) in [5, 5.41) is 14.0. The minimum atomic E-state index is -0.993. The highest BCUT2D eigenvalue weighted by atomic mass is 16.7. The summed E-state index contributed by atoms with van der Waals surface area (Å²) < 4.78 is 23.6. The molecule has 6 atom stereocenters. The van der Waals surface area contributed by atoms with Gasteiger partial charge in [-0.1, -0.05) is 69.0 Å². The molecular weight excluding hydrogens is 398 g/mol. The molecule has 2 fully saturated rings. The Morgan fingerprint density at radius 1 is 1.23 bits per heavy atom. The van der Waals surface area contributed by atoms with Gasteiger partial charge in [0, 0.05) is 12.0 Å². The van der Waals surface area contributed by atoms with Crippen LogP contribution >= 0.6 is 0 Å². The van der Waals surface area contributed by atoms with Crippen LogP contribution in [-0.2, 0) is 23.7 Å². The fourth-order valence-electron chi connectivity index (χ4n) is 3.98. The van der Waals surface area contributed by atoms with E-state index in [9.17, 15) is 9.90 Å². The second kappa shape index (κ2) is 12.3. The number of rotatable bonds is 11. The van der Waals surface area contributed by atoms with Crippen molar-refractivity contribution < 1.29 is 28.8 Å². The quantitative estimate of drug-likeness (QED) is 0.412. The summed E-state index contributed by atoms with van der Waals surface area (Å²) in [4.78, 5) is 12.5. The third-order valence-electron chi connectivity index (χ3n) is 5.65. The predicted octanol–water partition coefficient (Wildman–Crippen LogP) is 3.23. The van der Waals surface area contributed by atoms with E-state index < -0.39 is 36.9 Å². The molecule has 2 heterocycles. The zero-order chi connectivity index (χ0) is 22.1. The third-order valence-corrected chi connectivity index (χ3v) is 5.65. The molecule has 2 aliphatic heterocycles. The van der Waals surface area contributed by atoms with E-state index in [1.165, 1.54) is 6.42 Å². The Morgan fingerprint density at radius 2 is 2.00 bits per heavy atom. The Morgan fingerprint density at radius 3 is 2.74 bits per heavy atom. The summed E-state index contributed by atoms with van der Waals surface area (Å²) in [5.74, 6) is -0.124. The van der Waals surface area contributed by atoms with Gasteiger partial charge in [0.25, 0.3) is 0 Å². The Hall–Kier alpha value is -1.77. The molecule has 1 aromatic rings. The van der Waals surface area contributed by atoms with Crippen molar-refractivity contribution in [1.29, 1.82) is 0 Å². The maximum Gasteiger partial charge on any atom is 0.220 e. The van der Waals surface area contributed by atoms with Gasteiger partial charge < -0.3 is 29.4 Å². The second-order valence-electron chi connectivity index (χ2n) is 8.09. The van der Waals surface area contributed by atoms with Gasteiger partial charge in [-0.3, -0.25) is 4.79 Å². The molecule has 7 heteroatoms. The first kappa shape index (κ1) is 23.9. The first-order valence-corrected chi connectivity index (χ1v) is 11.3. The van der Waals surface area contributed by atoms with Gasteiger partial charge in [-0.25, -0.2) is 0 Å². The average Bonchev–Trinajstić information content (AvgIpc) is 2.80. The number of hydrogen-bond donors (Lipinski definition) is 2. The van der Waals surface area contributed by atoms with Crippen molar-refractivity contribution in [2.75, 3.05) is 13.2 Å². The third kappa shape index (κ3) is 6.60. The Kier molecular flexibility index (Phi) is 9.49. The molecule has 172 valence electrons. The molecule has 7 nitrogen and oxygen atoms in total. The van der Waals surface area contributed by atoms with Crippen molar-refractivity contribution in [1.82, 2.24) is 5.32 Å². The van der Waals surface area contributed by atoms with E-state index in [1.807, 2.05) is 30.3 Å². The molecule has 31 heavy (non-hydrogen) atoms. The van der Waals surface area contributed by atoms with E-state index in [-0.39, 0.29) is 19.1 Å². The zero-order valence-electron chi connectivity index (χ0n) is 18.3. The monoisotopic (exact) mass is 433 g/mol. The number of benzene rings is 1. The van der Waals surface area contributed by atoms with Crippen molar-refractivity contribution in [2.24, 2.45) is 0 Å². The van der Waals surface area contributed by atoms with E-state index in [0.717, 1.165) is 31.2 Å². The van der Waals surface area contributed by atoms with Crippen LogP contribution in [0.3, 0.4) is 0 Å². The number of aliphatic hydroxyl groups excluding tert-OH is 1. The van der Waals surface area contributed by atoms with Gasteiger partial charge >= 0.3 is 0 Å². The zero-order valence-corrected chi connectivity index (χ0v) is 18.3. The highest BCUT2D eigenvalue weighted by Gasteiger charge is 2.50. The number of hydrogen-bond acceptors (Lipinski definition) is 6. The molecule has 1 aromatic carbocycles. The molecule has 1 amide bonds. The number of carbonyl (C=O) groups excluding carboxylic acids is 1. The van der Waals surface area contributed by atoms with Crippen LogP contribution in [0, 0.1) is 0 Å². The Labute approximate surface area is 184 Å². The van der Waals surface area contributed by atoms with Crippen molar-refractivity contribution in [3.63, 3.8) is 0 Å². The summed E-state index contributed by atoms with van der Waals surface area (Å²) in [7, 11) is 0. The molecule has 0 aromatic heterocycles. The molecule has 0 spiro atoms. The number of aliphatic hydroxyl groups is 1. The van der Waals surface area contributed by atoms with Crippen LogP contribution in [0.4, 0.5) is 0 Å². The van der Waals surface area contributed by atoms with E-state index in [1.54, 1.807) is 6.08 Å². The van der Waals surface area contributed by atoms with Crippen LogP contribution in [0.1, 0.15) is 57.3 Å². The van der Waals surface area contributed by atoms with Crippen molar-refractivity contribution in [3.05, 3.63) is 48.6 Å². The van der Waals surface area contributed by atoms with Crippen molar-refractivity contribution in [2.45, 2.75) is 82.4 Å². The van der Waals surface area contributed by atoms with Crippen LogP contribution in [0.2, 0.25) is 0 Å². The number of amides is 1. The van der Waals surface area contributed by atoms with Crippen LogP contribution < -0.4 is 5.32 Å². The van der Waals surface area contributed by atoms with Gasteiger partial charge in [-0.05, 0) is 6.42 Å². The molecule has 1 unspecified atom stereocenters. The van der Waals surface area contributed by atoms with Gasteiger partial charge in [-0.15, -0.1) is 6.58 Å². The average molecular weight is 434 g/mol. The first-order valence-electron chi connectivity index (χ1n) is 11.3. The maximum atomic E-state index is 12.5. The predicted molar refractivity (Wildman–Crippen MR) is 116 cm³/mol. The van der Waals surface area contributed by atoms with Gasteiger partial charge in [0.2, 0.25) is 5.91 Å². The van der Waals surface area contributed by atoms with Gasteiger partial charge in [-0.2, -0.15) is 0 Å². The van der Waals surface area contributed by atoms with E-state index in [0.29, 0.717) is 6.42 Å². The lowest BCUT2D eigenvalue weighted by Crippen LogP contribution is -2.66. The standard InChI is InChI=1S/C24H35NO6/c1-3-5-6-7-11-14-19(26)25-20-21(27)22-18(30-24(20)28-15-4-2)16-29-23(31-22)17-12-9-8-10-13-17/h4,8-10,12-13,18,20-24,27H,2-3,5-7,11,14-16H2,1H3,(H,25,26)/t18-,20-,21-,22-,23?,24-/m1/s1. The van der Waals surface area contributed by atoms with Gasteiger partial charge in [0.15, 0.2) is 12.6 Å². The lowest BCUT2D eigenvalue weighted by atomic mass is 9.95. The van der Waals surface area contributed by atoms with E-state index >= 15 is 0 Å². The number of unbranched alkanes of at least 4 members (excludes halogenated alkanes) is 4. The summed E-state index contributed by atoms with van der Waals surface area (Å²) in [6, 6.07) is 8.82. The van der Waals surface area contributed by atoms with Gasteiger partial charge in [0.1, 0.15) is 24.4 Å². The SMILES string of the molecule is C=CCO[C@@H]1O[C@@H]2COC(c3ccccc3)O[C@H]2[C@H](O)[C@H]1NC(=O)CCCCCCC. The molecule has 0 bridgehead atoms. The Bertz CT molecular complexity index is 684. The lowest BCUT2D eigenvalue weighted by molar-refractivity contribution is -0.343. The summed E-state index contributed by atoms with van der Waals surface area (Å²) in [5.41, 5.74) is 0.867.